The van der Waals surface area contributed by atoms with Crippen molar-refractivity contribution in [2.75, 3.05) is 5.73 Å². The van der Waals surface area contributed by atoms with Gasteiger partial charge in [-0.1, -0.05) is 12.1 Å². The van der Waals surface area contributed by atoms with Gasteiger partial charge < -0.3 is 10.7 Å². The summed E-state index contributed by atoms with van der Waals surface area (Å²) in [5.74, 6) is 0.480. The van der Waals surface area contributed by atoms with Crippen LogP contribution in [0.4, 0.5) is 5.82 Å². The minimum atomic E-state index is -0.379. The van der Waals surface area contributed by atoms with E-state index in [1.807, 2.05) is 32.0 Å². The molecule has 0 spiro atoms. The van der Waals surface area contributed by atoms with Gasteiger partial charge in [0.15, 0.2) is 0 Å². The zero-order chi connectivity index (χ0) is 12.5. The average Bonchev–Trinajstić information content (AvgIpc) is 2.29. The second-order valence-electron chi connectivity index (χ2n) is 4.50. The molecule has 4 heteroatoms. The summed E-state index contributed by atoms with van der Waals surface area (Å²) in [5.41, 5.74) is 6.84. The molecular weight excluding hydrogens is 214 g/mol. The number of nitrogens with one attached hydrogen (secondary N) is 1. The van der Waals surface area contributed by atoms with Crippen LogP contribution in [-0.2, 0) is 5.41 Å². The van der Waals surface area contributed by atoms with Crippen LogP contribution < -0.4 is 11.3 Å². The fourth-order valence-electron chi connectivity index (χ4n) is 1.75. The van der Waals surface area contributed by atoms with Gasteiger partial charge in [0.05, 0.1) is 5.69 Å². The summed E-state index contributed by atoms with van der Waals surface area (Å²) in [6.45, 7) is 4.00. The van der Waals surface area contributed by atoms with E-state index in [1.54, 1.807) is 12.1 Å². The standard InChI is InChI=1S/C13H15N3O/c1-13(2,9-5-3-7-11(14)15-9)10-6-4-8-12(17)16-10/h3-8H,1-2H3,(H2,14,15)(H,16,17). The smallest absolute Gasteiger partial charge is 0.248 e. The summed E-state index contributed by atoms with van der Waals surface area (Å²) in [7, 11) is 0. The molecule has 0 aromatic carbocycles. The minimum absolute atomic E-state index is 0.112. The summed E-state index contributed by atoms with van der Waals surface area (Å²) >= 11 is 0. The number of rotatable bonds is 2. The molecule has 0 aliphatic carbocycles. The Morgan fingerprint density at radius 1 is 1.18 bits per heavy atom. The summed E-state index contributed by atoms with van der Waals surface area (Å²) in [4.78, 5) is 18.5. The van der Waals surface area contributed by atoms with Crippen LogP contribution in [0, 0.1) is 0 Å². The third-order valence-electron chi connectivity index (χ3n) is 2.85. The van der Waals surface area contributed by atoms with Gasteiger partial charge in [-0.05, 0) is 32.0 Å². The third kappa shape index (κ3) is 2.20. The molecule has 0 amide bonds. The maximum absolute atomic E-state index is 11.3. The van der Waals surface area contributed by atoms with Crippen molar-refractivity contribution in [2.45, 2.75) is 19.3 Å². The van der Waals surface area contributed by atoms with E-state index >= 15 is 0 Å². The van der Waals surface area contributed by atoms with Crippen molar-refractivity contribution in [3.05, 3.63) is 58.1 Å². The molecule has 0 saturated heterocycles. The first-order valence-corrected chi connectivity index (χ1v) is 5.43. The van der Waals surface area contributed by atoms with Crippen LogP contribution in [0.3, 0.4) is 0 Å². The van der Waals surface area contributed by atoms with Crippen LogP contribution in [0.25, 0.3) is 0 Å². The molecule has 0 radical (unpaired) electrons. The molecule has 0 fully saturated rings. The number of anilines is 1. The number of aromatic nitrogens is 2. The van der Waals surface area contributed by atoms with Gasteiger partial charge >= 0.3 is 0 Å². The van der Waals surface area contributed by atoms with Gasteiger partial charge in [-0.15, -0.1) is 0 Å². The van der Waals surface area contributed by atoms with Gasteiger partial charge in [0, 0.05) is 17.2 Å². The van der Waals surface area contributed by atoms with Crippen LogP contribution in [0.5, 0.6) is 0 Å². The molecule has 17 heavy (non-hydrogen) atoms. The van der Waals surface area contributed by atoms with E-state index in [0.29, 0.717) is 5.82 Å². The normalized spacial score (nSPS) is 11.4. The Hall–Kier alpha value is -2.10. The highest BCUT2D eigenvalue weighted by Gasteiger charge is 2.25. The highest BCUT2D eigenvalue weighted by atomic mass is 16.1. The van der Waals surface area contributed by atoms with Crippen molar-refractivity contribution in [1.82, 2.24) is 9.97 Å². The van der Waals surface area contributed by atoms with E-state index in [0.717, 1.165) is 11.4 Å². The van der Waals surface area contributed by atoms with Crippen LogP contribution in [0.1, 0.15) is 25.2 Å². The van der Waals surface area contributed by atoms with Crippen LogP contribution in [-0.4, -0.2) is 9.97 Å². The number of pyridine rings is 2. The largest absolute Gasteiger partial charge is 0.384 e. The Bertz CT molecular complexity index is 587. The number of H-pyrrole nitrogens is 1. The molecule has 0 aliphatic heterocycles. The maximum Gasteiger partial charge on any atom is 0.248 e. The van der Waals surface area contributed by atoms with E-state index in [2.05, 4.69) is 9.97 Å². The highest BCUT2D eigenvalue weighted by Crippen LogP contribution is 2.28. The van der Waals surface area contributed by atoms with E-state index in [1.165, 1.54) is 6.07 Å². The SMILES string of the molecule is CC(C)(c1cccc(N)n1)c1cccc(=O)[nH]1. The Morgan fingerprint density at radius 3 is 2.53 bits per heavy atom. The summed E-state index contributed by atoms with van der Waals surface area (Å²) in [5, 5.41) is 0. The monoisotopic (exact) mass is 229 g/mol. The van der Waals surface area contributed by atoms with Crippen molar-refractivity contribution < 1.29 is 0 Å². The Kier molecular flexibility index (Phi) is 2.71. The molecule has 2 aromatic rings. The predicted octanol–water partition coefficient (Wildman–Crippen LogP) is 1.68. The van der Waals surface area contributed by atoms with Crippen LogP contribution in [0.2, 0.25) is 0 Å². The zero-order valence-corrected chi connectivity index (χ0v) is 9.90. The van der Waals surface area contributed by atoms with Gasteiger partial charge in [0.25, 0.3) is 0 Å². The van der Waals surface area contributed by atoms with E-state index in [-0.39, 0.29) is 11.0 Å². The number of nitrogen functional groups attached to an aromatic ring is 1. The molecule has 0 unspecified atom stereocenters. The van der Waals surface area contributed by atoms with E-state index in [9.17, 15) is 4.79 Å². The lowest BCUT2D eigenvalue weighted by molar-refractivity contribution is 0.594. The van der Waals surface area contributed by atoms with Gasteiger partial charge in [-0.3, -0.25) is 4.79 Å². The molecule has 0 bridgehead atoms. The summed E-state index contributed by atoms with van der Waals surface area (Å²) in [6.07, 6.45) is 0. The fraction of sp³-hybridized carbons (Fsp3) is 0.231. The number of nitrogens with zero attached hydrogens (tertiary/aromatic N) is 1. The lowest BCUT2D eigenvalue weighted by Gasteiger charge is -2.24. The number of hydrogen-bond acceptors (Lipinski definition) is 3. The van der Waals surface area contributed by atoms with Crippen molar-refractivity contribution in [3.8, 4) is 0 Å². The van der Waals surface area contributed by atoms with Crippen LogP contribution in [0.15, 0.2) is 41.2 Å². The van der Waals surface area contributed by atoms with Gasteiger partial charge in [-0.25, -0.2) is 4.98 Å². The molecule has 2 heterocycles. The lowest BCUT2D eigenvalue weighted by atomic mass is 9.84. The molecule has 2 rings (SSSR count). The number of nitrogens with two attached hydrogens (primary N) is 1. The number of aromatic amines is 1. The first-order chi connectivity index (χ1) is 8.00. The van der Waals surface area contributed by atoms with E-state index in [4.69, 9.17) is 5.73 Å². The molecule has 4 nitrogen and oxygen atoms in total. The molecule has 0 aliphatic rings. The summed E-state index contributed by atoms with van der Waals surface area (Å²) in [6, 6.07) is 10.6. The predicted molar refractivity (Wildman–Crippen MR) is 67.8 cm³/mol. The van der Waals surface area contributed by atoms with Gasteiger partial charge in [0.1, 0.15) is 5.82 Å². The Balaban J connectivity index is 2.53. The molecule has 0 atom stereocenters. The molecular formula is C13H15N3O. The Labute approximate surface area is 99.5 Å². The third-order valence-corrected chi connectivity index (χ3v) is 2.85. The van der Waals surface area contributed by atoms with Crippen molar-refractivity contribution in [1.29, 1.82) is 0 Å². The highest BCUT2D eigenvalue weighted by molar-refractivity contribution is 5.35. The molecule has 3 N–H and O–H groups in total. The molecule has 88 valence electrons. The maximum atomic E-state index is 11.3. The van der Waals surface area contributed by atoms with Gasteiger partial charge in [-0.2, -0.15) is 0 Å². The average molecular weight is 229 g/mol. The van der Waals surface area contributed by atoms with Gasteiger partial charge in [0.2, 0.25) is 5.56 Å². The fourth-order valence-corrected chi connectivity index (χ4v) is 1.75. The lowest BCUT2D eigenvalue weighted by Crippen LogP contribution is -2.25. The molecule has 0 saturated carbocycles. The van der Waals surface area contributed by atoms with Crippen molar-refractivity contribution >= 4 is 5.82 Å². The number of hydrogen-bond donors (Lipinski definition) is 2. The van der Waals surface area contributed by atoms with Crippen LogP contribution >= 0.6 is 0 Å². The first-order valence-electron chi connectivity index (χ1n) is 5.43. The second kappa shape index (κ2) is 4.05. The van der Waals surface area contributed by atoms with Crippen molar-refractivity contribution in [3.63, 3.8) is 0 Å². The van der Waals surface area contributed by atoms with Crippen molar-refractivity contribution in [2.24, 2.45) is 0 Å². The zero-order valence-electron chi connectivity index (χ0n) is 9.90. The topological polar surface area (TPSA) is 71.8 Å². The summed E-state index contributed by atoms with van der Waals surface area (Å²) < 4.78 is 0. The molecule has 2 aromatic heterocycles. The quantitative estimate of drug-likeness (QED) is 0.823. The first kappa shape index (κ1) is 11.4. The minimum Gasteiger partial charge on any atom is -0.384 e. The second-order valence-corrected chi connectivity index (χ2v) is 4.50. The Morgan fingerprint density at radius 2 is 1.88 bits per heavy atom. The van der Waals surface area contributed by atoms with E-state index < -0.39 is 0 Å².